The average Bonchev–Trinajstić information content (AvgIpc) is 2.89. The van der Waals surface area contributed by atoms with Crippen LogP contribution in [0.15, 0.2) is 34.9 Å². The maximum atomic E-state index is 5.39. The third kappa shape index (κ3) is 2.22. The minimum atomic E-state index is 0.668. The fourth-order valence-corrected chi connectivity index (χ4v) is 2.33. The Morgan fingerprint density at radius 3 is 2.75 bits per heavy atom. The molecule has 0 aliphatic rings. The van der Waals surface area contributed by atoms with E-state index in [0.717, 1.165) is 21.3 Å². The lowest BCUT2D eigenvalue weighted by Crippen LogP contribution is -1.91. The van der Waals surface area contributed by atoms with Gasteiger partial charge in [-0.1, -0.05) is 0 Å². The van der Waals surface area contributed by atoms with E-state index in [9.17, 15) is 0 Å². The van der Waals surface area contributed by atoms with Crippen LogP contribution in [0.1, 0.15) is 0 Å². The van der Waals surface area contributed by atoms with Gasteiger partial charge >= 0.3 is 0 Å². The van der Waals surface area contributed by atoms with E-state index in [2.05, 4.69) is 30.9 Å². The van der Waals surface area contributed by atoms with Crippen LogP contribution in [0.4, 0.5) is 0 Å². The molecule has 3 rings (SSSR count). The highest BCUT2D eigenvalue weighted by molar-refractivity contribution is 9.10. The highest BCUT2D eigenvalue weighted by Crippen LogP contribution is 2.32. The van der Waals surface area contributed by atoms with E-state index in [-0.39, 0.29) is 0 Å². The number of H-pyrrole nitrogens is 1. The number of benzene rings is 1. The van der Waals surface area contributed by atoms with E-state index >= 15 is 0 Å². The summed E-state index contributed by atoms with van der Waals surface area (Å²) in [7, 11) is 3.24. The highest BCUT2D eigenvalue weighted by atomic mass is 79.9. The SMILES string of the molecule is COc1ccc(-c2nc3ncc(Br)cc3[nH]2)c(OC)c1. The Bertz CT molecular complexity index is 770. The molecule has 20 heavy (non-hydrogen) atoms. The van der Waals surface area contributed by atoms with Gasteiger partial charge in [0.05, 0.1) is 25.3 Å². The number of halogens is 1. The minimum Gasteiger partial charge on any atom is -0.497 e. The van der Waals surface area contributed by atoms with Crippen LogP contribution >= 0.6 is 15.9 Å². The van der Waals surface area contributed by atoms with Crippen molar-refractivity contribution in [2.24, 2.45) is 0 Å². The molecule has 0 aliphatic carbocycles. The quantitative estimate of drug-likeness (QED) is 0.797. The fourth-order valence-electron chi connectivity index (χ4n) is 2.00. The molecule has 0 amide bonds. The Morgan fingerprint density at radius 1 is 1.15 bits per heavy atom. The number of nitrogens with one attached hydrogen (secondary N) is 1. The molecule has 6 heteroatoms. The summed E-state index contributed by atoms with van der Waals surface area (Å²) >= 11 is 3.39. The van der Waals surface area contributed by atoms with Crippen molar-refractivity contribution in [1.29, 1.82) is 0 Å². The first-order valence-electron chi connectivity index (χ1n) is 5.95. The van der Waals surface area contributed by atoms with Crippen LogP contribution in [-0.2, 0) is 0 Å². The number of aromatic nitrogens is 3. The van der Waals surface area contributed by atoms with Gasteiger partial charge < -0.3 is 14.5 Å². The van der Waals surface area contributed by atoms with E-state index < -0.39 is 0 Å². The van der Waals surface area contributed by atoms with Gasteiger partial charge in [-0.25, -0.2) is 9.97 Å². The number of rotatable bonds is 3. The molecule has 3 aromatic rings. The summed E-state index contributed by atoms with van der Waals surface area (Å²) in [5, 5.41) is 0. The lowest BCUT2D eigenvalue weighted by Gasteiger charge is -2.08. The van der Waals surface area contributed by atoms with Crippen molar-refractivity contribution >= 4 is 27.1 Å². The summed E-state index contributed by atoms with van der Waals surface area (Å²) in [4.78, 5) is 12.0. The van der Waals surface area contributed by atoms with Gasteiger partial charge in [0, 0.05) is 16.7 Å². The molecule has 1 aromatic carbocycles. The summed E-state index contributed by atoms with van der Waals surface area (Å²) in [6.45, 7) is 0. The normalized spacial score (nSPS) is 10.8. The highest BCUT2D eigenvalue weighted by Gasteiger charge is 2.12. The molecular formula is C14H12BrN3O2. The number of fused-ring (bicyclic) bond motifs is 1. The first-order valence-corrected chi connectivity index (χ1v) is 6.74. The number of aromatic amines is 1. The summed E-state index contributed by atoms with van der Waals surface area (Å²) in [5.41, 5.74) is 2.40. The van der Waals surface area contributed by atoms with Crippen LogP contribution < -0.4 is 9.47 Å². The molecule has 2 heterocycles. The number of hydrogen-bond acceptors (Lipinski definition) is 4. The number of ether oxygens (including phenoxy) is 2. The molecule has 0 aliphatic heterocycles. The van der Waals surface area contributed by atoms with Gasteiger partial charge in [-0.3, -0.25) is 0 Å². The van der Waals surface area contributed by atoms with Gasteiger partial charge in [-0.15, -0.1) is 0 Å². The van der Waals surface area contributed by atoms with E-state index in [1.54, 1.807) is 20.4 Å². The van der Waals surface area contributed by atoms with Crippen LogP contribution in [0, 0.1) is 0 Å². The standard InChI is InChI=1S/C14H12BrN3O2/c1-19-9-3-4-10(12(6-9)20-2)13-17-11-5-8(15)7-16-14(11)18-13/h3-7H,1-2H3,(H,16,17,18). The average molecular weight is 334 g/mol. The van der Waals surface area contributed by atoms with Gasteiger partial charge in [0.2, 0.25) is 0 Å². The van der Waals surface area contributed by atoms with E-state index in [1.807, 2.05) is 24.3 Å². The van der Waals surface area contributed by atoms with E-state index in [1.165, 1.54) is 0 Å². The van der Waals surface area contributed by atoms with Crippen LogP contribution in [0.2, 0.25) is 0 Å². The first kappa shape index (κ1) is 12.9. The Hall–Kier alpha value is -2.08. The lowest BCUT2D eigenvalue weighted by molar-refractivity contribution is 0.395. The van der Waals surface area contributed by atoms with Gasteiger partial charge in [0.15, 0.2) is 5.65 Å². The number of pyridine rings is 1. The van der Waals surface area contributed by atoms with Gasteiger partial charge in [0.1, 0.15) is 17.3 Å². The predicted octanol–water partition coefficient (Wildman–Crippen LogP) is 3.40. The lowest BCUT2D eigenvalue weighted by atomic mass is 10.2. The summed E-state index contributed by atoms with van der Waals surface area (Å²) in [5.74, 6) is 2.15. The van der Waals surface area contributed by atoms with Crippen LogP contribution in [0.3, 0.4) is 0 Å². The third-order valence-electron chi connectivity index (χ3n) is 2.97. The van der Waals surface area contributed by atoms with Crippen LogP contribution in [0.25, 0.3) is 22.6 Å². The Balaban J connectivity index is 2.14. The molecule has 0 fully saturated rings. The molecule has 0 atom stereocenters. The smallest absolute Gasteiger partial charge is 0.178 e. The zero-order valence-electron chi connectivity index (χ0n) is 11.0. The number of methoxy groups -OCH3 is 2. The second kappa shape index (κ2) is 5.13. The molecule has 5 nitrogen and oxygen atoms in total. The monoisotopic (exact) mass is 333 g/mol. The fraction of sp³-hybridized carbons (Fsp3) is 0.143. The maximum absolute atomic E-state index is 5.39. The summed E-state index contributed by atoms with van der Waals surface area (Å²) < 4.78 is 11.5. The van der Waals surface area contributed by atoms with Crippen LogP contribution in [-0.4, -0.2) is 29.2 Å². The molecule has 2 aromatic heterocycles. The zero-order valence-corrected chi connectivity index (χ0v) is 12.6. The van der Waals surface area contributed by atoms with Crippen LogP contribution in [0.5, 0.6) is 11.5 Å². The topological polar surface area (TPSA) is 60.0 Å². The number of imidazole rings is 1. The molecule has 0 bridgehead atoms. The molecule has 102 valence electrons. The van der Waals surface area contributed by atoms with E-state index in [0.29, 0.717) is 17.2 Å². The van der Waals surface area contributed by atoms with E-state index in [4.69, 9.17) is 9.47 Å². The Kier molecular flexibility index (Phi) is 3.31. The summed E-state index contributed by atoms with van der Waals surface area (Å²) in [6, 6.07) is 7.54. The predicted molar refractivity (Wildman–Crippen MR) is 80.1 cm³/mol. The van der Waals surface area contributed by atoms with Crippen molar-refractivity contribution in [2.75, 3.05) is 14.2 Å². The number of hydrogen-bond donors (Lipinski definition) is 1. The Morgan fingerprint density at radius 2 is 2.00 bits per heavy atom. The summed E-state index contributed by atoms with van der Waals surface area (Å²) in [6.07, 6.45) is 1.72. The molecular weight excluding hydrogens is 322 g/mol. The van der Waals surface area contributed by atoms with Crippen molar-refractivity contribution in [3.8, 4) is 22.9 Å². The second-order valence-electron chi connectivity index (χ2n) is 4.18. The number of nitrogens with zero attached hydrogens (tertiary/aromatic N) is 2. The molecule has 0 unspecified atom stereocenters. The molecule has 0 saturated heterocycles. The van der Waals surface area contributed by atoms with Crippen molar-refractivity contribution in [3.63, 3.8) is 0 Å². The van der Waals surface area contributed by atoms with Crippen molar-refractivity contribution < 1.29 is 9.47 Å². The zero-order chi connectivity index (χ0) is 14.1. The molecule has 0 radical (unpaired) electrons. The van der Waals surface area contributed by atoms with Crippen molar-refractivity contribution in [2.45, 2.75) is 0 Å². The third-order valence-corrected chi connectivity index (χ3v) is 3.40. The largest absolute Gasteiger partial charge is 0.497 e. The maximum Gasteiger partial charge on any atom is 0.178 e. The van der Waals surface area contributed by atoms with Crippen molar-refractivity contribution in [1.82, 2.24) is 15.0 Å². The molecule has 0 spiro atoms. The minimum absolute atomic E-state index is 0.668. The van der Waals surface area contributed by atoms with Crippen molar-refractivity contribution in [3.05, 3.63) is 34.9 Å². The second-order valence-corrected chi connectivity index (χ2v) is 5.09. The van der Waals surface area contributed by atoms with Gasteiger partial charge in [0.25, 0.3) is 0 Å². The molecule has 1 N–H and O–H groups in total. The Labute approximate surface area is 124 Å². The van der Waals surface area contributed by atoms with Gasteiger partial charge in [-0.2, -0.15) is 0 Å². The first-order chi connectivity index (χ1) is 9.71. The molecule has 0 saturated carbocycles. The van der Waals surface area contributed by atoms with Gasteiger partial charge in [-0.05, 0) is 34.1 Å².